The maximum absolute atomic E-state index is 5.82. The molecule has 3 heteroatoms. The number of allylic oxidation sites excluding steroid dienone is 1. The molecule has 2 unspecified atom stereocenters. The summed E-state index contributed by atoms with van der Waals surface area (Å²) in [6.45, 7) is 5.47. The smallest absolute Gasteiger partial charge is 0.237 e. The van der Waals surface area contributed by atoms with Crippen LogP contribution in [0.1, 0.15) is 33.1 Å². The van der Waals surface area contributed by atoms with Crippen LogP contribution in [0.3, 0.4) is 0 Å². The molecular weight excluding hydrogens is 236 g/mol. The first-order valence-corrected chi connectivity index (χ1v) is 7.11. The standard InChI is InChI=1S/C16H22N2O/c1-16(2)12-6-5-11(13(16)10-12)7-9-19-15-14(17)4-3-8-18-15/h3-5,8,12-13H,6-7,9-10,17H2,1-2H3. The molecule has 19 heavy (non-hydrogen) atoms. The highest BCUT2D eigenvalue weighted by atomic mass is 16.5. The van der Waals surface area contributed by atoms with Gasteiger partial charge in [-0.15, -0.1) is 0 Å². The van der Waals surface area contributed by atoms with Crippen LogP contribution in [0.5, 0.6) is 5.88 Å². The molecule has 0 aliphatic heterocycles. The van der Waals surface area contributed by atoms with Gasteiger partial charge in [-0.05, 0) is 42.2 Å². The highest BCUT2D eigenvalue weighted by Crippen LogP contribution is 2.59. The predicted molar refractivity (Wildman–Crippen MR) is 76.8 cm³/mol. The van der Waals surface area contributed by atoms with E-state index in [4.69, 9.17) is 10.5 Å². The Balaban J connectivity index is 1.57. The Labute approximate surface area is 114 Å². The van der Waals surface area contributed by atoms with E-state index in [1.165, 1.54) is 12.8 Å². The molecule has 3 aliphatic rings. The van der Waals surface area contributed by atoms with Crippen LogP contribution in [-0.4, -0.2) is 11.6 Å². The minimum absolute atomic E-state index is 0.494. The number of fused-ring (bicyclic) bond motifs is 1. The molecule has 3 aliphatic carbocycles. The van der Waals surface area contributed by atoms with Crippen molar-refractivity contribution in [1.29, 1.82) is 0 Å². The molecule has 4 rings (SSSR count). The molecule has 2 atom stereocenters. The molecule has 0 saturated heterocycles. The first-order chi connectivity index (χ1) is 9.09. The normalized spacial score (nSPS) is 27.4. The number of anilines is 1. The van der Waals surface area contributed by atoms with E-state index in [1.807, 2.05) is 12.1 Å². The first kappa shape index (κ1) is 12.5. The van der Waals surface area contributed by atoms with Crippen LogP contribution in [-0.2, 0) is 0 Å². The molecule has 1 fully saturated rings. The summed E-state index contributed by atoms with van der Waals surface area (Å²) in [5.41, 5.74) is 8.50. The van der Waals surface area contributed by atoms with Crippen LogP contribution in [0.25, 0.3) is 0 Å². The van der Waals surface area contributed by atoms with Crippen molar-refractivity contribution in [3.8, 4) is 5.88 Å². The minimum Gasteiger partial charge on any atom is -0.476 e. The van der Waals surface area contributed by atoms with Crippen LogP contribution in [0.4, 0.5) is 5.69 Å². The Morgan fingerprint density at radius 2 is 2.32 bits per heavy atom. The van der Waals surface area contributed by atoms with Gasteiger partial charge >= 0.3 is 0 Å². The van der Waals surface area contributed by atoms with Crippen LogP contribution in [0.15, 0.2) is 30.0 Å². The van der Waals surface area contributed by atoms with Gasteiger partial charge in [-0.25, -0.2) is 4.98 Å². The maximum Gasteiger partial charge on any atom is 0.237 e. The van der Waals surface area contributed by atoms with Crippen molar-refractivity contribution >= 4 is 5.69 Å². The van der Waals surface area contributed by atoms with Crippen molar-refractivity contribution in [1.82, 2.24) is 4.98 Å². The number of hydrogen-bond acceptors (Lipinski definition) is 3. The molecule has 0 aromatic carbocycles. The summed E-state index contributed by atoms with van der Waals surface area (Å²) in [6, 6.07) is 3.64. The summed E-state index contributed by atoms with van der Waals surface area (Å²) in [4.78, 5) is 4.15. The average molecular weight is 258 g/mol. The van der Waals surface area contributed by atoms with Crippen molar-refractivity contribution in [2.75, 3.05) is 12.3 Å². The Bertz CT molecular complexity index is 507. The van der Waals surface area contributed by atoms with E-state index in [-0.39, 0.29) is 0 Å². The number of nitrogen functional groups attached to an aromatic ring is 1. The third-order valence-electron chi connectivity index (χ3n) is 5.01. The largest absolute Gasteiger partial charge is 0.476 e. The number of ether oxygens (including phenoxy) is 1. The van der Waals surface area contributed by atoms with Gasteiger partial charge in [0.15, 0.2) is 0 Å². The van der Waals surface area contributed by atoms with E-state index >= 15 is 0 Å². The van der Waals surface area contributed by atoms with Crippen LogP contribution in [0, 0.1) is 17.3 Å². The Hall–Kier alpha value is -1.51. The van der Waals surface area contributed by atoms with E-state index < -0.39 is 0 Å². The Morgan fingerprint density at radius 3 is 3.00 bits per heavy atom. The number of pyridine rings is 1. The van der Waals surface area contributed by atoms with Gasteiger partial charge in [-0.1, -0.05) is 25.5 Å². The van der Waals surface area contributed by atoms with Gasteiger partial charge in [0.05, 0.1) is 12.3 Å². The monoisotopic (exact) mass is 258 g/mol. The van der Waals surface area contributed by atoms with Gasteiger partial charge in [-0.2, -0.15) is 0 Å². The highest BCUT2D eigenvalue weighted by Gasteiger charge is 2.50. The molecule has 0 spiro atoms. The zero-order chi connectivity index (χ0) is 13.5. The lowest BCUT2D eigenvalue weighted by Crippen LogP contribution is -2.48. The van der Waals surface area contributed by atoms with Crippen LogP contribution >= 0.6 is 0 Å². The summed E-state index contributed by atoms with van der Waals surface area (Å²) < 4.78 is 5.70. The van der Waals surface area contributed by atoms with Gasteiger partial charge in [0.1, 0.15) is 0 Å². The molecule has 2 bridgehead atoms. The Kier molecular flexibility index (Phi) is 3.00. The van der Waals surface area contributed by atoms with Crippen molar-refractivity contribution in [2.45, 2.75) is 33.1 Å². The number of aromatic nitrogens is 1. The zero-order valence-electron chi connectivity index (χ0n) is 11.7. The quantitative estimate of drug-likeness (QED) is 0.842. The van der Waals surface area contributed by atoms with Crippen LogP contribution < -0.4 is 10.5 Å². The summed E-state index contributed by atoms with van der Waals surface area (Å²) in [5.74, 6) is 2.22. The average Bonchev–Trinajstić information content (AvgIpc) is 2.41. The summed E-state index contributed by atoms with van der Waals surface area (Å²) in [7, 11) is 0. The van der Waals surface area contributed by atoms with E-state index in [2.05, 4.69) is 24.9 Å². The molecule has 3 nitrogen and oxygen atoms in total. The number of hydrogen-bond donors (Lipinski definition) is 1. The van der Waals surface area contributed by atoms with Gasteiger partial charge in [-0.3, -0.25) is 0 Å². The van der Waals surface area contributed by atoms with Gasteiger partial charge in [0.25, 0.3) is 0 Å². The summed E-state index contributed by atoms with van der Waals surface area (Å²) in [6.07, 6.45) is 7.74. The minimum atomic E-state index is 0.494. The molecular formula is C16H22N2O. The molecule has 102 valence electrons. The van der Waals surface area contributed by atoms with E-state index in [0.29, 0.717) is 23.6 Å². The summed E-state index contributed by atoms with van der Waals surface area (Å²) in [5, 5.41) is 0. The predicted octanol–water partition coefficient (Wildman–Crippen LogP) is 3.43. The van der Waals surface area contributed by atoms with Crippen LogP contribution in [0.2, 0.25) is 0 Å². The first-order valence-electron chi connectivity index (χ1n) is 7.11. The lowest BCUT2D eigenvalue weighted by atomic mass is 9.48. The summed E-state index contributed by atoms with van der Waals surface area (Å²) >= 11 is 0. The molecule has 0 amide bonds. The molecule has 1 heterocycles. The zero-order valence-corrected chi connectivity index (χ0v) is 11.7. The number of nitrogens with two attached hydrogens (primary N) is 1. The fourth-order valence-electron chi connectivity index (χ4n) is 3.55. The van der Waals surface area contributed by atoms with Crippen molar-refractivity contribution < 1.29 is 4.74 Å². The molecule has 1 aromatic heterocycles. The van der Waals surface area contributed by atoms with E-state index in [1.54, 1.807) is 11.8 Å². The van der Waals surface area contributed by atoms with Crippen molar-refractivity contribution in [3.63, 3.8) is 0 Å². The van der Waals surface area contributed by atoms with Gasteiger partial charge in [0, 0.05) is 12.6 Å². The van der Waals surface area contributed by atoms with Gasteiger partial charge < -0.3 is 10.5 Å². The third-order valence-corrected chi connectivity index (χ3v) is 5.01. The fraction of sp³-hybridized carbons (Fsp3) is 0.562. The molecule has 1 aromatic rings. The highest BCUT2D eigenvalue weighted by molar-refractivity contribution is 5.46. The second-order valence-corrected chi connectivity index (χ2v) is 6.32. The third kappa shape index (κ3) is 2.11. The SMILES string of the molecule is CC1(C)C2CC=C(CCOc3ncccc3N)C1C2. The second-order valence-electron chi connectivity index (χ2n) is 6.32. The van der Waals surface area contributed by atoms with E-state index in [0.717, 1.165) is 18.3 Å². The molecule has 0 radical (unpaired) electrons. The maximum atomic E-state index is 5.82. The lowest BCUT2D eigenvalue weighted by molar-refractivity contribution is -0.00920. The van der Waals surface area contributed by atoms with Gasteiger partial charge in [0.2, 0.25) is 5.88 Å². The Morgan fingerprint density at radius 1 is 1.47 bits per heavy atom. The van der Waals surface area contributed by atoms with Crippen molar-refractivity contribution in [3.05, 3.63) is 30.0 Å². The van der Waals surface area contributed by atoms with Crippen molar-refractivity contribution in [2.24, 2.45) is 17.3 Å². The topological polar surface area (TPSA) is 48.1 Å². The number of rotatable bonds is 4. The molecule has 1 saturated carbocycles. The second kappa shape index (κ2) is 4.55. The molecule has 2 N–H and O–H groups in total. The lowest BCUT2D eigenvalue weighted by Gasteiger charge is -2.56. The van der Waals surface area contributed by atoms with E-state index in [9.17, 15) is 0 Å². The fourth-order valence-corrected chi connectivity index (χ4v) is 3.55. The number of nitrogens with zero attached hydrogens (tertiary/aromatic N) is 1.